The van der Waals surface area contributed by atoms with E-state index < -0.39 is 10.0 Å². The molecule has 1 aromatic heterocycles. The van der Waals surface area contributed by atoms with Crippen molar-refractivity contribution < 1.29 is 17.5 Å². The van der Waals surface area contributed by atoms with E-state index in [-0.39, 0.29) is 11.7 Å². The van der Waals surface area contributed by atoms with Gasteiger partial charge in [-0.1, -0.05) is 30.3 Å². The summed E-state index contributed by atoms with van der Waals surface area (Å²) in [4.78, 5) is 0.291. The van der Waals surface area contributed by atoms with Crippen molar-refractivity contribution in [3.8, 4) is 5.75 Å². The van der Waals surface area contributed by atoms with Crippen molar-refractivity contribution in [1.82, 2.24) is 8.87 Å². The lowest BCUT2D eigenvalue weighted by atomic mass is 9.88. The molecular weight excluding hydrogens is 463 g/mol. The van der Waals surface area contributed by atoms with Gasteiger partial charge in [-0.3, -0.25) is 0 Å². The van der Waals surface area contributed by atoms with Gasteiger partial charge in [0.25, 0.3) is 0 Å². The molecule has 0 spiro atoms. The molecule has 0 amide bonds. The van der Waals surface area contributed by atoms with Gasteiger partial charge in [0.2, 0.25) is 10.0 Å². The van der Waals surface area contributed by atoms with Crippen molar-refractivity contribution >= 4 is 20.9 Å². The Hall–Kier alpha value is -3.16. The fraction of sp³-hybridized carbons (Fsp3) is 0.286. The number of rotatable bonds is 6. The molecule has 0 N–H and O–H groups in total. The highest BCUT2D eigenvalue weighted by atomic mass is 32.2. The normalized spacial score (nSPS) is 15.5. The monoisotopic (exact) mass is 492 g/mol. The summed E-state index contributed by atoms with van der Waals surface area (Å²) in [6, 6.07) is 21.6. The number of sulfonamides is 1. The van der Waals surface area contributed by atoms with Gasteiger partial charge in [0.15, 0.2) is 0 Å². The Morgan fingerprint density at radius 1 is 0.971 bits per heavy atom. The van der Waals surface area contributed by atoms with Crippen molar-refractivity contribution in [3.63, 3.8) is 0 Å². The van der Waals surface area contributed by atoms with Gasteiger partial charge >= 0.3 is 0 Å². The van der Waals surface area contributed by atoms with Gasteiger partial charge in [-0.15, -0.1) is 0 Å². The first-order chi connectivity index (χ1) is 16.9. The lowest BCUT2D eigenvalue weighted by molar-refractivity contribution is 0.319. The maximum absolute atomic E-state index is 13.8. The summed E-state index contributed by atoms with van der Waals surface area (Å²) in [6.07, 6.45) is 1.51. The van der Waals surface area contributed by atoms with Crippen LogP contribution in [-0.2, 0) is 16.6 Å². The van der Waals surface area contributed by atoms with Crippen molar-refractivity contribution in [2.24, 2.45) is 0 Å². The molecule has 1 saturated heterocycles. The van der Waals surface area contributed by atoms with E-state index in [4.69, 9.17) is 4.74 Å². The molecule has 0 aliphatic carbocycles. The van der Waals surface area contributed by atoms with Gasteiger partial charge in [-0.25, -0.2) is 12.8 Å². The molecule has 1 fully saturated rings. The molecule has 0 unspecified atom stereocenters. The van der Waals surface area contributed by atoms with Gasteiger partial charge in [0, 0.05) is 36.2 Å². The summed E-state index contributed by atoms with van der Waals surface area (Å²) in [5, 5.41) is 1.19. The number of nitrogens with zero attached hydrogens (tertiary/aromatic N) is 2. The minimum Gasteiger partial charge on any atom is -0.497 e. The first kappa shape index (κ1) is 23.6. The third-order valence-electron chi connectivity index (χ3n) is 7.07. The second-order valence-corrected chi connectivity index (χ2v) is 11.0. The number of piperidine rings is 1. The molecule has 0 saturated carbocycles. The molecule has 1 aliphatic rings. The molecule has 2 heterocycles. The highest BCUT2D eigenvalue weighted by Crippen LogP contribution is 2.38. The fourth-order valence-corrected chi connectivity index (χ4v) is 6.75. The minimum absolute atomic E-state index is 0.234. The molecule has 5 rings (SSSR count). The summed E-state index contributed by atoms with van der Waals surface area (Å²) < 4.78 is 49.2. The molecule has 35 heavy (non-hydrogen) atoms. The first-order valence-corrected chi connectivity index (χ1v) is 13.3. The van der Waals surface area contributed by atoms with Crippen molar-refractivity contribution in [2.45, 2.75) is 37.1 Å². The number of methoxy groups -OCH3 is 1. The number of benzene rings is 3. The summed E-state index contributed by atoms with van der Waals surface area (Å²) in [6.45, 7) is 3.66. The van der Waals surface area contributed by atoms with Crippen LogP contribution in [0.25, 0.3) is 10.9 Å². The first-order valence-electron chi connectivity index (χ1n) is 11.8. The zero-order valence-corrected chi connectivity index (χ0v) is 20.8. The van der Waals surface area contributed by atoms with Crippen LogP contribution in [0, 0.1) is 12.7 Å². The summed E-state index contributed by atoms with van der Waals surface area (Å²) >= 11 is 0. The van der Waals surface area contributed by atoms with E-state index in [1.165, 1.54) is 17.0 Å². The topological polar surface area (TPSA) is 51.5 Å². The largest absolute Gasteiger partial charge is 0.497 e. The van der Waals surface area contributed by atoms with Crippen LogP contribution >= 0.6 is 0 Å². The number of para-hydroxylation sites is 1. The minimum atomic E-state index is -3.55. The molecule has 7 heteroatoms. The standard InChI is InChI=1S/C28H29FN2O3S/c1-20-28(26-8-3-4-9-27(26)31(20)19-21-6-5-7-23(29)18-21)22-14-16-30(17-15-22)35(32,33)25-12-10-24(34-2)11-13-25/h3-13,18,22H,14-17,19H2,1-2H3. The average molecular weight is 493 g/mol. The van der Waals surface area contributed by atoms with E-state index in [1.54, 1.807) is 47.8 Å². The number of halogens is 1. The molecule has 5 nitrogen and oxygen atoms in total. The number of aromatic nitrogens is 1. The van der Waals surface area contributed by atoms with Crippen LogP contribution in [0.1, 0.15) is 35.6 Å². The number of ether oxygens (including phenoxy) is 1. The summed E-state index contributed by atoms with van der Waals surface area (Å²) in [7, 11) is -1.99. The van der Waals surface area contributed by atoms with Crippen LogP contribution < -0.4 is 4.74 Å². The molecule has 0 bridgehead atoms. The Balaban J connectivity index is 1.40. The van der Waals surface area contributed by atoms with E-state index >= 15 is 0 Å². The van der Waals surface area contributed by atoms with Gasteiger partial charge in [-0.05, 0) is 79.3 Å². The highest BCUT2D eigenvalue weighted by molar-refractivity contribution is 7.89. The van der Waals surface area contributed by atoms with Crippen molar-refractivity contribution in [2.75, 3.05) is 20.2 Å². The van der Waals surface area contributed by atoms with Gasteiger partial charge in [0.1, 0.15) is 11.6 Å². The molecule has 182 valence electrons. The number of hydrogen-bond donors (Lipinski definition) is 0. The Kier molecular flexibility index (Phi) is 6.38. The Morgan fingerprint density at radius 2 is 1.69 bits per heavy atom. The van der Waals surface area contributed by atoms with Gasteiger partial charge in [-0.2, -0.15) is 4.31 Å². The maximum Gasteiger partial charge on any atom is 0.243 e. The fourth-order valence-electron chi connectivity index (χ4n) is 5.28. The smallest absolute Gasteiger partial charge is 0.243 e. The van der Waals surface area contributed by atoms with E-state index in [2.05, 4.69) is 23.6 Å². The van der Waals surface area contributed by atoms with Crippen LogP contribution in [0.2, 0.25) is 0 Å². The Labute approximate surface area is 205 Å². The van der Waals surface area contributed by atoms with Crippen molar-refractivity contribution in [1.29, 1.82) is 0 Å². The predicted octanol–water partition coefficient (Wildman–Crippen LogP) is 5.71. The van der Waals surface area contributed by atoms with E-state index in [0.29, 0.717) is 30.3 Å². The zero-order chi connectivity index (χ0) is 24.6. The molecule has 1 aliphatic heterocycles. The van der Waals surface area contributed by atoms with Crippen molar-refractivity contribution in [3.05, 3.63) is 95.4 Å². The molecule has 3 aromatic carbocycles. The number of fused-ring (bicyclic) bond motifs is 1. The van der Waals surface area contributed by atoms with Gasteiger partial charge < -0.3 is 9.30 Å². The number of hydrogen-bond acceptors (Lipinski definition) is 3. The van der Waals surface area contributed by atoms with Gasteiger partial charge in [0.05, 0.1) is 12.0 Å². The van der Waals surface area contributed by atoms with Crippen LogP contribution in [0.4, 0.5) is 4.39 Å². The molecule has 0 atom stereocenters. The third-order valence-corrected chi connectivity index (χ3v) is 8.98. The quantitative estimate of drug-likeness (QED) is 0.346. The lowest BCUT2D eigenvalue weighted by Gasteiger charge is -2.31. The second kappa shape index (κ2) is 9.47. The second-order valence-electron chi connectivity index (χ2n) is 9.09. The molecular formula is C28H29FN2O3S. The highest BCUT2D eigenvalue weighted by Gasteiger charge is 2.32. The van der Waals surface area contributed by atoms with E-state index in [1.807, 2.05) is 18.2 Å². The molecule has 4 aromatic rings. The van der Waals surface area contributed by atoms with Crippen LogP contribution in [-0.4, -0.2) is 37.5 Å². The Bertz CT molecular complexity index is 1450. The van der Waals surface area contributed by atoms with Crippen LogP contribution in [0.3, 0.4) is 0 Å². The summed E-state index contributed by atoms with van der Waals surface area (Å²) in [5.74, 6) is 0.658. The zero-order valence-electron chi connectivity index (χ0n) is 19.9. The third kappa shape index (κ3) is 4.46. The van der Waals surface area contributed by atoms with E-state index in [9.17, 15) is 12.8 Å². The lowest BCUT2D eigenvalue weighted by Crippen LogP contribution is -2.38. The summed E-state index contributed by atoms with van der Waals surface area (Å²) in [5.41, 5.74) is 4.48. The average Bonchev–Trinajstić information content (AvgIpc) is 3.15. The molecule has 0 radical (unpaired) electrons. The predicted molar refractivity (Wildman–Crippen MR) is 136 cm³/mol. The van der Waals surface area contributed by atoms with Crippen LogP contribution in [0.15, 0.2) is 77.7 Å². The maximum atomic E-state index is 13.8. The Morgan fingerprint density at radius 3 is 2.37 bits per heavy atom. The van der Waals surface area contributed by atoms with E-state index in [0.717, 1.165) is 29.6 Å². The van der Waals surface area contributed by atoms with Crippen LogP contribution in [0.5, 0.6) is 5.75 Å². The SMILES string of the molecule is COc1ccc(S(=O)(=O)N2CCC(c3c(C)n(Cc4cccc(F)c4)c4ccccc34)CC2)cc1.